The zero-order valence-electron chi connectivity index (χ0n) is 8.66. The van der Waals surface area contributed by atoms with Gasteiger partial charge in [-0.05, 0) is 37.1 Å². The van der Waals surface area contributed by atoms with Crippen LogP contribution < -0.4 is 0 Å². The number of rotatable bonds is 1. The number of aryl methyl sites for hydroxylation is 1. The van der Waals surface area contributed by atoms with Crippen molar-refractivity contribution >= 4 is 11.6 Å². The van der Waals surface area contributed by atoms with E-state index in [-0.39, 0.29) is 0 Å². The second-order valence-corrected chi connectivity index (χ2v) is 3.83. The smallest absolute Gasteiger partial charge is 0.132 e. The fourth-order valence-corrected chi connectivity index (χ4v) is 1.76. The van der Waals surface area contributed by atoms with Crippen molar-refractivity contribution in [2.24, 2.45) is 0 Å². The summed E-state index contributed by atoms with van der Waals surface area (Å²) in [6.07, 6.45) is 3.59. The number of aromatic nitrogens is 2. The van der Waals surface area contributed by atoms with Crippen LogP contribution in [0.1, 0.15) is 11.3 Å². The van der Waals surface area contributed by atoms with Crippen molar-refractivity contribution in [1.29, 1.82) is 0 Å². The molecule has 0 bridgehead atoms. The Morgan fingerprint density at radius 1 is 1.27 bits per heavy atom. The van der Waals surface area contributed by atoms with E-state index in [0.717, 1.165) is 22.4 Å². The topological polar surface area (TPSA) is 25.8 Å². The SMILES string of the molecule is Cc1cc(-c2cccnc2)c(C)c(Cl)n1. The Morgan fingerprint density at radius 2 is 2.07 bits per heavy atom. The minimum Gasteiger partial charge on any atom is -0.264 e. The molecule has 0 aliphatic carbocycles. The van der Waals surface area contributed by atoms with Crippen LogP contribution in [0.5, 0.6) is 0 Å². The van der Waals surface area contributed by atoms with Crippen LogP contribution in [-0.2, 0) is 0 Å². The molecule has 15 heavy (non-hydrogen) atoms. The standard InChI is InChI=1S/C12H11ClN2/c1-8-6-11(9(2)12(13)15-8)10-4-3-5-14-7-10/h3-7H,1-2H3. The van der Waals surface area contributed by atoms with Crippen LogP contribution in [0.25, 0.3) is 11.1 Å². The Morgan fingerprint density at radius 3 is 2.73 bits per heavy atom. The molecule has 2 aromatic heterocycles. The van der Waals surface area contributed by atoms with Crippen molar-refractivity contribution in [3.63, 3.8) is 0 Å². The van der Waals surface area contributed by atoms with Gasteiger partial charge in [-0.15, -0.1) is 0 Å². The predicted octanol–water partition coefficient (Wildman–Crippen LogP) is 3.41. The van der Waals surface area contributed by atoms with Gasteiger partial charge in [0.25, 0.3) is 0 Å². The molecular weight excluding hydrogens is 208 g/mol. The molecule has 0 amide bonds. The summed E-state index contributed by atoms with van der Waals surface area (Å²) in [5.74, 6) is 0. The molecule has 0 aliphatic heterocycles. The van der Waals surface area contributed by atoms with Crippen molar-refractivity contribution in [2.45, 2.75) is 13.8 Å². The zero-order valence-corrected chi connectivity index (χ0v) is 9.42. The van der Waals surface area contributed by atoms with Crippen LogP contribution in [0, 0.1) is 13.8 Å². The lowest BCUT2D eigenvalue weighted by atomic mass is 10.0. The molecule has 0 saturated heterocycles. The minimum absolute atomic E-state index is 0.564. The Bertz CT molecular complexity index is 480. The molecule has 2 nitrogen and oxygen atoms in total. The second-order valence-electron chi connectivity index (χ2n) is 3.47. The van der Waals surface area contributed by atoms with Crippen molar-refractivity contribution in [2.75, 3.05) is 0 Å². The lowest BCUT2D eigenvalue weighted by molar-refractivity contribution is 1.17. The van der Waals surface area contributed by atoms with Crippen LogP contribution in [-0.4, -0.2) is 9.97 Å². The average molecular weight is 219 g/mol. The van der Waals surface area contributed by atoms with E-state index in [9.17, 15) is 0 Å². The fourth-order valence-electron chi connectivity index (χ4n) is 1.52. The maximum absolute atomic E-state index is 6.04. The monoisotopic (exact) mass is 218 g/mol. The molecule has 2 heterocycles. The summed E-state index contributed by atoms with van der Waals surface area (Å²) < 4.78 is 0. The number of hydrogen-bond donors (Lipinski definition) is 0. The van der Waals surface area contributed by atoms with Crippen LogP contribution in [0.15, 0.2) is 30.6 Å². The zero-order chi connectivity index (χ0) is 10.8. The second kappa shape index (κ2) is 3.99. The summed E-state index contributed by atoms with van der Waals surface area (Å²) in [6.45, 7) is 3.91. The number of pyridine rings is 2. The molecule has 0 radical (unpaired) electrons. The maximum Gasteiger partial charge on any atom is 0.132 e. The van der Waals surface area contributed by atoms with E-state index in [2.05, 4.69) is 9.97 Å². The van der Waals surface area contributed by atoms with Crippen LogP contribution in [0.4, 0.5) is 0 Å². The summed E-state index contributed by atoms with van der Waals surface area (Å²) in [4.78, 5) is 8.30. The Hall–Kier alpha value is -1.41. The van der Waals surface area contributed by atoms with Gasteiger partial charge < -0.3 is 0 Å². The Balaban J connectivity index is 2.63. The highest BCUT2D eigenvalue weighted by molar-refractivity contribution is 6.30. The number of hydrogen-bond acceptors (Lipinski definition) is 2. The van der Waals surface area contributed by atoms with Crippen LogP contribution in [0.3, 0.4) is 0 Å². The molecule has 0 unspecified atom stereocenters. The lowest BCUT2D eigenvalue weighted by Gasteiger charge is -2.07. The van der Waals surface area contributed by atoms with Gasteiger partial charge in [0.05, 0.1) is 0 Å². The fraction of sp³-hybridized carbons (Fsp3) is 0.167. The highest BCUT2D eigenvalue weighted by Gasteiger charge is 2.07. The molecule has 0 saturated carbocycles. The van der Waals surface area contributed by atoms with Gasteiger partial charge >= 0.3 is 0 Å². The summed E-state index contributed by atoms with van der Waals surface area (Å²) >= 11 is 6.04. The van der Waals surface area contributed by atoms with E-state index in [1.54, 1.807) is 6.20 Å². The molecule has 2 rings (SSSR count). The van der Waals surface area contributed by atoms with Gasteiger partial charge in [0.15, 0.2) is 0 Å². The molecule has 0 spiro atoms. The molecule has 3 heteroatoms. The van der Waals surface area contributed by atoms with E-state index in [1.807, 2.05) is 38.2 Å². The van der Waals surface area contributed by atoms with Gasteiger partial charge in [0.2, 0.25) is 0 Å². The molecule has 0 fully saturated rings. The van der Waals surface area contributed by atoms with Crippen molar-refractivity contribution in [3.8, 4) is 11.1 Å². The summed E-state index contributed by atoms with van der Waals surface area (Å²) in [6, 6.07) is 5.96. The largest absolute Gasteiger partial charge is 0.264 e. The molecule has 76 valence electrons. The molecular formula is C12H11ClN2. The molecule has 0 aliphatic rings. The molecule has 0 aromatic carbocycles. The normalized spacial score (nSPS) is 10.3. The van der Waals surface area contributed by atoms with Crippen molar-refractivity contribution in [1.82, 2.24) is 9.97 Å². The minimum atomic E-state index is 0.564. The third-order valence-corrected chi connectivity index (χ3v) is 2.68. The van der Waals surface area contributed by atoms with Gasteiger partial charge in [-0.25, -0.2) is 4.98 Å². The van der Waals surface area contributed by atoms with Gasteiger partial charge in [0.1, 0.15) is 5.15 Å². The van der Waals surface area contributed by atoms with Gasteiger partial charge in [-0.2, -0.15) is 0 Å². The summed E-state index contributed by atoms with van der Waals surface area (Å²) in [5.41, 5.74) is 4.09. The third-order valence-electron chi connectivity index (χ3n) is 2.31. The van der Waals surface area contributed by atoms with Gasteiger partial charge in [0, 0.05) is 23.7 Å². The first-order valence-electron chi connectivity index (χ1n) is 4.72. The van der Waals surface area contributed by atoms with E-state index < -0.39 is 0 Å². The Kier molecular flexibility index (Phi) is 2.69. The number of nitrogens with zero attached hydrogens (tertiary/aromatic N) is 2. The van der Waals surface area contributed by atoms with E-state index in [1.165, 1.54) is 0 Å². The highest BCUT2D eigenvalue weighted by Crippen LogP contribution is 2.27. The van der Waals surface area contributed by atoms with Crippen molar-refractivity contribution in [3.05, 3.63) is 47.0 Å². The van der Waals surface area contributed by atoms with E-state index in [0.29, 0.717) is 5.15 Å². The quantitative estimate of drug-likeness (QED) is 0.686. The van der Waals surface area contributed by atoms with E-state index >= 15 is 0 Å². The van der Waals surface area contributed by atoms with Crippen LogP contribution in [0.2, 0.25) is 5.15 Å². The summed E-state index contributed by atoms with van der Waals surface area (Å²) in [7, 11) is 0. The maximum atomic E-state index is 6.04. The van der Waals surface area contributed by atoms with Crippen molar-refractivity contribution < 1.29 is 0 Å². The van der Waals surface area contributed by atoms with Gasteiger partial charge in [-0.1, -0.05) is 17.7 Å². The van der Waals surface area contributed by atoms with Gasteiger partial charge in [-0.3, -0.25) is 4.98 Å². The third kappa shape index (κ3) is 2.00. The first-order chi connectivity index (χ1) is 7.18. The van der Waals surface area contributed by atoms with E-state index in [4.69, 9.17) is 11.6 Å². The van der Waals surface area contributed by atoms with Crippen LogP contribution >= 0.6 is 11.6 Å². The predicted molar refractivity (Wildman–Crippen MR) is 62.0 cm³/mol. The first kappa shape index (κ1) is 10.1. The lowest BCUT2D eigenvalue weighted by Crippen LogP contribution is -1.91. The highest BCUT2D eigenvalue weighted by atomic mass is 35.5. The summed E-state index contributed by atoms with van der Waals surface area (Å²) in [5, 5.41) is 0.564. The molecule has 2 aromatic rings. The Labute approximate surface area is 94.0 Å². The number of halogens is 1. The average Bonchev–Trinajstić information content (AvgIpc) is 2.24. The first-order valence-corrected chi connectivity index (χ1v) is 5.10. The molecule has 0 atom stereocenters. The molecule has 0 N–H and O–H groups in total.